The first-order valence-electron chi connectivity index (χ1n) is 7.05. The Bertz CT molecular complexity index is 576. The quantitative estimate of drug-likeness (QED) is 0.861. The molecule has 1 saturated heterocycles. The van der Waals surface area contributed by atoms with Crippen molar-refractivity contribution < 1.29 is 13.5 Å². The van der Waals surface area contributed by atoms with Crippen LogP contribution in [0.25, 0.3) is 0 Å². The van der Waals surface area contributed by atoms with Gasteiger partial charge in [-0.25, -0.2) is 8.42 Å². The fourth-order valence-corrected chi connectivity index (χ4v) is 4.59. The summed E-state index contributed by atoms with van der Waals surface area (Å²) in [6, 6.07) is 0. The number of nitrogens with one attached hydrogen (secondary N) is 1. The van der Waals surface area contributed by atoms with Gasteiger partial charge >= 0.3 is 0 Å². The first-order valence-corrected chi connectivity index (χ1v) is 8.49. The molecule has 0 radical (unpaired) electrons. The summed E-state index contributed by atoms with van der Waals surface area (Å²) in [6.07, 6.45) is 2.83. The molecule has 114 valence electrons. The molecule has 1 aromatic rings. The molecule has 1 fully saturated rings. The third-order valence-corrected chi connectivity index (χ3v) is 6.50. The van der Waals surface area contributed by atoms with Gasteiger partial charge in [-0.3, -0.25) is 5.10 Å². The second-order valence-corrected chi connectivity index (χ2v) is 7.44. The zero-order chi connectivity index (χ0) is 15.0. The van der Waals surface area contributed by atoms with Gasteiger partial charge in [0.05, 0.1) is 6.61 Å². The zero-order valence-corrected chi connectivity index (χ0v) is 13.1. The highest BCUT2D eigenvalue weighted by Crippen LogP contribution is 2.39. The lowest BCUT2D eigenvalue weighted by Gasteiger charge is -2.26. The van der Waals surface area contributed by atoms with Crippen molar-refractivity contribution in [2.24, 2.45) is 5.41 Å². The number of nitrogens with zero attached hydrogens (tertiary/aromatic N) is 2. The molecule has 0 spiro atoms. The third kappa shape index (κ3) is 2.38. The predicted molar refractivity (Wildman–Crippen MR) is 75.6 cm³/mol. The summed E-state index contributed by atoms with van der Waals surface area (Å²) in [5.41, 5.74) is 1.05. The number of rotatable bonds is 5. The molecule has 1 aromatic heterocycles. The summed E-state index contributed by atoms with van der Waals surface area (Å²) in [5, 5.41) is 15.9. The van der Waals surface area contributed by atoms with Crippen LogP contribution in [0.1, 0.15) is 44.4 Å². The Labute approximate surface area is 120 Å². The smallest absolute Gasteiger partial charge is 0.262 e. The van der Waals surface area contributed by atoms with Crippen LogP contribution in [-0.4, -0.2) is 41.1 Å². The van der Waals surface area contributed by atoms with E-state index >= 15 is 0 Å². The van der Waals surface area contributed by atoms with Crippen LogP contribution >= 0.6 is 0 Å². The fourth-order valence-electron chi connectivity index (χ4n) is 2.88. The summed E-state index contributed by atoms with van der Waals surface area (Å²) in [5.74, 6) is 0. The number of aliphatic hydroxyl groups is 1. The average molecular weight is 301 g/mol. The van der Waals surface area contributed by atoms with Crippen LogP contribution in [0.15, 0.2) is 5.03 Å². The Morgan fingerprint density at radius 2 is 2.05 bits per heavy atom. The molecule has 0 atom stereocenters. The van der Waals surface area contributed by atoms with E-state index in [0.717, 1.165) is 19.3 Å². The summed E-state index contributed by atoms with van der Waals surface area (Å²) < 4.78 is 26.9. The third-order valence-electron chi connectivity index (χ3n) is 4.68. The van der Waals surface area contributed by atoms with Gasteiger partial charge in [-0.15, -0.1) is 0 Å². The second kappa shape index (κ2) is 5.46. The van der Waals surface area contributed by atoms with Crippen molar-refractivity contribution in [2.75, 3.05) is 13.1 Å². The van der Waals surface area contributed by atoms with Gasteiger partial charge in [-0.05, 0) is 31.6 Å². The van der Waals surface area contributed by atoms with Crippen LogP contribution in [-0.2, 0) is 16.6 Å². The van der Waals surface area contributed by atoms with Crippen molar-refractivity contribution in [3.63, 3.8) is 0 Å². The summed E-state index contributed by atoms with van der Waals surface area (Å²) in [6.45, 7) is 6.68. The molecule has 1 aliphatic heterocycles. The number of aryl methyl sites for hydroxylation is 1. The van der Waals surface area contributed by atoms with E-state index in [1.165, 1.54) is 4.31 Å². The number of sulfonamides is 1. The van der Waals surface area contributed by atoms with E-state index in [1.807, 2.05) is 0 Å². The molecule has 0 unspecified atom stereocenters. The Morgan fingerprint density at radius 1 is 1.40 bits per heavy atom. The highest BCUT2D eigenvalue weighted by atomic mass is 32.2. The number of aromatic amines is 1. The van der Waals surface area contributed by atoms with Crippen molar-refractivity contribution in [2.45, 2.75) is 51.7 Å². The minimum absolute atomic E-state index is 0.0273. The second-order valence-electron chi connectivity index (χ2n) is 5.59. The molecular weight excluding hydrogens is 278 g/mol. The Hall–Kier alpha value is -0.920. The van der Waals surface area contributed by atoms with Gasteiger partial charge in [-0.2, -0.15) is 9.40 Å². The normalized spacial score (nSPS) is 19.6. The van der Waals surface area contributed by atoms with E-state index in [9.17, 15) is 13.5 Å². The van der Waals surface area contributed by atoms with Gasteiger partial charge in [0.15, 0.2) is 5.03 Å². The highest BCUT2D eigenvalue weighted by molar-refractivity contribution is 7.89. The van der Waals surface area contributed by atoms with Crippen molar-refractivity contribution in [1.29, 1.82) is 0 Å². The lowest BCUT2D eigenvalue weighted by atomic mass is 9.82. The number of hydrogen-bond acceptors (Lipinski definition) is 4. The van der Waals surface area contributed by atoms with Gasteiger partial charge in [-0.1, -0.05) is 13.8 Å². The Balaban J connectivity index is 2.33. The van der Waals surface area contributed by atoms with Crippen molar-refractivity contribution >= 4 is 10.0 Å². The van der Waals surface area contributed by atoms with Gasteiger partial charge in [0.1, 0.15) is 0 Å². The SMILES string of the molecule is CCC1(CC)CCN(S(=O)(=O)c2n[nH]c(C)c2CO)C1. The van der Waals surface area contributed by atoms with Crippen LogP contribution in [0.4, 0.5) is 0 Å². The maximum Gasteiger partial charge on any atom is 0.262 e. The maximum absolute atomic E-state index is 12.7. The van der Waals surface area contributed by atoms with Gasteiger partial charge in [0, 0.05) is 24.3 Å². The standard InChI is InChI=1S/C13H23N3O3S/c1-4-13(5-2)6-7-16(9-13)20(18,19)12-11(8-17)10(3)14-15-12/h17H,4-9H2,1-3H3,(H,14,15). The molecule has 0 bridgehead atoms. The molecular formula is C13H23N3O3S. The number of hydrogen-bond donors (Lipinski definition) is 2. The molecule has 2 heterocycles. The molecule has 20 heavy (non-hydrogen) atoms. The Kier molecular flexibility index (Phi) is 4.22. The van der Waals surface area contributed by atoms with Crippen molar-refractivity contribution in [3.8, 4) is 0 Å². The van der Waals surface area contributed by atoms with Crippen LogP contribution in [0.5, 0.6) is 0 Å². The van der Waals surface area contributed by atoms with Crippen LogP contribution in [0.3, 0.4) is 0 Å². The molecule has 0 aromatic carbocycles. The zero-order valence-electron chi connectivity index (χ0n) is 12.3. The van der Waals surface area contributed by atoms with Crippen molar-refractivity contribution in [1.82, 2.24) is 14.5 Å². The molecule has 7 heteroatoms. The van der Waals surface area contributed by atoms with E-state index < -0.39 is 10.0 Å². The number of aromatic nitrogens is 2. The molecule has 6 nitrogen and oxygen atoms in total. The minimum Gasteiger partial charge on any atom is -0.392 e. The van der Waals surface area contributed by atoms with Crippen LogP contribution in [0.2, 0.25) is 0 Å². The summed E-state index contributed by atoms with van der Waals surface area (Å²) in [4.78, 5) is 0. The minimum atomic E-state index is -3.62. The Morgan fingerprint density at radius 3 is 2.55 bits per heavy atom. The highest BCUT2D eigenvalue weighted by Gasteiger charge is 2.42. The van der Waals surface area contributed by atoms with E-state index in [4.69, 9.17) is 0 Å². The van der Waals surface area contributed by atoms with Crippen LogP contribution in [0, 0.1) is 12.3 Å². The molecule has 2 rings (SSSR count). The molecule has 1 aliphatic rings. The average Bonchev–Trinajstić information content (AvgIpc) is 3.03. The maximum atomic E-state index is 12.7. The molecule has 2 N–H and O–H groups in total. The summed E-state index contributed by atoms with van der Waals surface area (Å²) in [7, 11) is -3.62. The molecule has 0 amide bonds. The first kappa shape index (κ1) is 15.5. The van der Waals surface area contributed by atoms with E-state index in [1.54, 1.807) is 6.92 Å². The number of aliphatic hydroxyl groups excluding tert-OH is 1. The largest absolute Gasteiger partial charge is 0.392 e. The fraction of sp³-hybridized carbons (Fsp3) is 0.769. The monoisotopic (exact) mass is 301 g/mol. The van der Waals surface area contributed by atoms with E-state index in [-0.39, 0.29) is 17.0 Å². The van der Waals surface area contributed by atoms with Gasteiger partial charge in [0.25, 0.3) is 10.0 Å². The van der Waals surface area contributed by atoms with Gasteiger partial charge in [0.2, 0.25) is 0 Å². The number of H-pyrrole nitrogens is 1. The van der Waals surface area contributed by atoms with Gasteiger partial charge < -0.3 is 5.11 Å². The van der Waals surface area contributed by atoms with Crippen molar-refractivity contribution in [3.05, 3.63) is 11.3 Å². The van der Waals surface area contributed by atoms with E-state index in [2.05, 4.69) is 24.0 Å². The predicted octanol–water partition coefficient (Wildman–Crippen LogP) is 1.41. The summed E-state index contributed by atoms with van der Waals surface area (Å²) >= 11 is 0. The topological polar surface area (TPSA) is 86.3 Å². The van der Waals surface area contributed by atoms with Crippen LogP contribution < -0.4 is 0 Å². The molecule has 0 aliphatic carbocycles. The lowest BCUT2D eigenvalue weighted by Crippen LogP contribution is -2.32. The molecule has 0 saturated carbocycles. The van der Waals surface area contributed by atoms with E-state index in [0.29, 0.717) is 24.3 Å². The lowest BCUT2D eigenvalue weighted by molar-refractivity contribution is 0.274. The first-order chi connectivity index (χ1) is 9.40.